The minimum atomic E-state index is 0.147. The largest absolute Gasteiger partial charge is 0.386 e. The van der Waals surface area contributed by atoms with Crippen LogP contribution in [-0.2, 0) is 4.79 Å². The molecule has 0 aromatic rings. The van der Waals surface area contributed by atoms with Gasteiger partial charge in [0.15, 0.2) is 0 Å². The standard InChI is InChI=1S/C16H30N2O/c1-7-14(19)17-11-16(6)9-13(18-12(2)3)8-15(4,5)10-16/h13,18H,2,7-11H2,1,3-6H3,(H,17,19). The molecule has 0 spiro atoms. The average molecular weight is 266 g/mol. The summed E-state index contributed by atoms with van der Waals surface area (Å²) < 4.78 is 0. The molecule has 19 heavy (non-hydrogen) atoms. The van der Waals surface area contributed by atoms with Crippen LogP contribution in [0.2, 0.25) is 0 Å². The highest BCUT2D eigenvalue weighted by Crippen LogP contribution is 2.45. The van der Waals surface area contributed by atoms with Gasteiger partial charge >= 0.3 is 0 Å². The molecule has 1 rings (SSSR count). The first kappa shape index (κ1) is 16.1. The molecule has 1 saturated carbocycles. The normalized spacial score (nSPS) is 29.6. The van der Waals surface area contributed by atoms with Crippen LogP contribution in [0.4, 0.5) is 0 Å². The number of rotatable bonds is 5. The fourth-order valence-corrected chi connectivity index (χ4v) is 3.66. The number of allylic oxidation sites excluding steroid dienone is 1. The molecule has 1 fully saturated rings. The van der Waals surface area contributed by atoms with E-state index in [2.05, 4.69) is 38.0 Å². The Morgan fingerprint density at radius 2 is 1.95 bits per heavy atom. The summed E-state index contributed by atoms with van der Waals surface area (Å²) in [6.45, 7) is 15.6. The molecule has 3 nitrogen and oxygen atoms in total. The molecule has 0 aliphatic heterocycles. The summed E-state index contributed by atoms with van der Waals surface area (Å²) in [5.74, 6) is 0.147. The van der Waals surface area contributed by atoms with Crippen LogP contribution in [0.1, 0.15) is 60.3 Å². The lowest BCUT2D eigenvalue weighted by Crippen LogP contribution is -2.48. The van der Waals surface area contributed by atoms with Crippen molar-refractivity contribution in [3.63, 3.8) is 0 Å². The highest BCUT2D eigenvalue weighted by molar-refractivity contribution is 5.75. The Labute approximate surface area is 118 Å². The number of hydrogen-bond donors (Lipinski definition) is 2. The lowest BCUT2D eigenvalue weighted by atomic mass is 9.62. The summed E-state index contributed by atoms with van der Waals surface area (Å²) in [5.41, 5.74) is 1.50. The summed E-state index contributed by atoms with van der Waals surface area (Å²) in [5, 5.41) is 6.55. The molecule has 0 saturated heterocycles. The van der Waals surface area contributed by atoms with Crippen molar-refractivity contribution in [2.75, 3.05) is 6.54 Å². The van der Waals surface area contributed by atoms with Gasteiger partial charge in [0.05, 0.1) is 0 Å². The number of amides is 1. The topological polar surface area (TPSA) is 41.1 Å². The Bertz CT molecular complexity index is 349. The van der Waals surface area contributed by atoms with Crippen LogP contribution >= 0.6 is 0 Å². The number of carbonyl (C=O) groups excluding carboxylic acids is 1. The highest BCUT2D eigenvalue weighted by atomic mass is 16.1. The zero-order chi connectivity index (χ0) is 14.7. The minimum Gasteiger partial charge on any atom is -0.386 e. The van der Waals surface area contributed by atoms with Gasteiger partial charge in [-0.2, -0.15) is 0 Å². The van der Waals surface area contributed by atoms with Crippen LogP contribution in [0, 0.1) is 10.8 Å². The van der Waals surface area contributed by atoms with Crippen LogP contribution in [0.5, 0.6) is 0 Å². The SMILES string of the molecule is C=C(C)NC1CC(C)(C)CC(C)(CNC(=O)CC)C1. The Balaban J connectivity index is 2.69. The van der Waals surface area contributed by atoms with Crippen molar-refractivity contribution < 1.29 is 4.79 Å². The van der Waals surface area contributed by atoms with E-state index in [4.69, 9.17) is 0 Å². The molecule has 110 valence electrons. The van der Waals surface area contributed by atoms with Gasteiger partial charge in [0.1, 0.15) is 0 Å². The van der Waals surface area contributed by atoms with Gasteiger partial charge in [-0.1, -0.05) is 34.3 Å². The van der Waals surface area contributed by atoms with Crippen LogP contribution in [0.25, 0.3) is 0 Å². The van der Waals surface area contributed by atoms with Crippen LogP contribution < -0.4 is 10.6 Å². The van der Waals surface area contributed by atoms with Crippen molar-refractivity contribution in [3.8, 4) is 0 Å². The lowest BCUT2D eigenvalue weighted by Gasteiger charge is -2.47. The Kier molecular flexibility index (Phi) is 5.05. The molecule has 0 bridgehead atoms. The second-order valence-corrected chi connectivity index (χ2v) is 7.31. The van der Waals surface area contributed by atoms with Crippen molar-refractivity contribution in [2.24, 2.45) is 10.8 Å². The van der Waals surface area contributed by atoms with Crippen LogP contribution in [0.3, 0.4) is 0 Å². The molecule has 1 aliphatic carbocycles. The van der Waals surface area contributed by atoms with Gasteiger partial charge in [-0.3, -0.25) is 4.79 Å². The molecule has 2 atom stereocenters. The van der Waals surface area contributed by atoms with Gasteiger partial charge in [0.2, 0.25) is 5.91 Å². The van der Waals surface area contributed by atoms with Gasteiger partial charge in [-0.05, 0) is 37.0 Å². The summed E-state index contributed by atoms with van der Waals surface area (Å²) in [6.07, 6.45) is 3.97. The Hall–Kier alpha value is -0.990. The zero-order valence-corrected chi connectivity index (χ0v) is 13.2. The van der Waals surface area contributed by atoms with Gasteiger partial charge in [-0.25, -0.2) is 0 Å². The molecule has 0 aromatic heterocycles. The predicted octanol–water partition coefficient (Wildman–Crippen LogP) is 3.22. The first-order valence-corrected chi connectivity index (χ1v) is 7.34. The average Bonchev–Trinajstić information content (AvgIpc) is 2.22. The van der Waals surface area contributed by atoms with Gasteiger partial charge in [0, 0.05) is 24.7 Å². The number of carbonyl (C=O) groups is 1. The summed E-state index contributed by atoms with van der Waals surface area (Å²) in [6, 6.07) is 0.463. The summed E-state index contributed by atoms with van der Waals surface area (Å²) in [4.78, 5) is 11.5. The van der Waals surface area contributed by atoms with Crippen molar-refractivity contribution in [3.05, 3.63) is 12.3 Å². The zero-order valence-electron chi connectivity index (χ0n) is 13.2. The second kappa shape index (κ2) is 5.98. The van der Waals surface area contributed by atoms with E-state index in [1.165, 1.54) is 0 Å². The van der Waals surface area contributed by atoms with Crippen molar-refractivity contribution in [1.82, 2.24) is 10.6 Å². The molecule has 1 amide bonds. The fourth-order valence-electron chi connectivity index (χ4n) is 3.66. The maximum absolute atomic E-state index is 11.5. The molecule has 0 radical (unpaired) electrons. The number of nitrogens with one attached hydrogen (secondary N) is 2. The monoisotopic (exact) mass is 266 g/mol. The van der Waals surface area contributed by atoms with E-state index in [9.17, 15) is 4.79 Å². The van der Waals surface area contributed by atoms with Gasteiger partial charge < -0.3 is 10.6 Å². The first-order valence-electron chi connectivity index (χ1n) is 7.34. The third-order valence-electron chi connectivity index (χ3n) is 3.93. The number of hydrogen-bond acceptors (Lipinski definition) is 2. The van der Waals surface area contributed by atoms with E-state index < -0.39 is 0 Å². The predicted molar refractivity (Wildman–Crippen MR) is 80.8 cm³/mol. The molecule has 2 N–H and O–H groups in total. The molecular weight excluding hydrogens is 236 g/mol. The van der Waals surface area contributed by atoms with E-state index >= 15 is 0 Å². The van der Waals surface area contributed by atoms with Crippen molar-refractivity contribution >= 4 is 5.91 Å². The molecule has 2 unspecified atom stereocenters. The maximum atomic E-state index is 11.5. The van der Waals surface area contributed by atoms with Crippen LogP contribution in [0.15, 0.2) is 12.3 Å². The Morgan fingerprint density at radius 3 is 2.47 bits per heavy atom. The molecule has 3 heteroatoms. The molecule has 0 aromatic carbocycles. The second-order valence-electron chi connectivity index (χ2n) is 7.31. The van der Waals surface area contributed by atoms with E-state index in [0.717, 1.165) is 31.5 Å². The van der Waals surface area contributed by atoms with E-state index in [0.29, 0.717) is 17.9 Å². The van der Waals surface area contributed by atoms with Gasteiger partial charge in [0.25, 0.3) is 0 Å². The third-order valence-corrected chi connectivity index (χ3v) is 3.93. The first-order chi connectivity index (χ1) is 8.66. The van der Waals surface area contributed by atoms with E-state index in [1.807, 2.05) is 13.8 Å². The molecule has 1 aliphatic rings. The highest BCUT2D eigenvalue weighted by Gasteiger charge is 2.41. The fraction of sp³-hybridized carbons (Fsp3) is 0.812. The summed E-state index contributed by atoms with van der Waals surface area (Å²) in [7, 11) is 0. The lowest BCUT2D eigenvalue weighted by molar-refractivity contribution is -0.121. The minimum absolute atomic E-state index is 0.147. The van der Waals surface area contributed by atoms with E-state index in [1.54, 1.807) is 0 Å². The molecular formula is C16H30N2O. The van der Waals surface area contributed by atoms with Gasteiger partial charge in [-0.15, -0.1) is 0 Å². The third kappa shape index (κ3) is 5.25. The quantitative estimate of drug-likeness (QED) is 0.802. The van der Waals surface area contributed by atoms with Crippen LogP contribution in [-0.4, -0.2) is 18.5 Å². The van der Waals surface area contributed by atoms with Crippen molar-refractivity contribution in [1.29, 1.82) is 0 Å². The smallest absolute Gasteiger partial charge is 0.219 e. The Morgan fingerprint density at radius 1 is 1.32 bits per heavy atom. The van der Waals surface area contributed by atoms with E-state index in [-0.39, 0.29) is 11.3 Å². The molecule has 0 heterocycles. The summed E-state index contributed by atoms with van der Waals surface area (Å²) >= 11 is 0. The van der Waals surface area contributed by atoms with Crippen molar-refractivity contribution in [2.45, 2.75) is 66.3 Å². The maximum Gasteiger partial charge on any atom is 0.219 e.